The highest BCUT2D eigenvalue weighted by atomic mass is 35.5. The van der Waals surface area contributed by atoms with Crippen molar-refractivity contribution in [2.75, 3.05) is 19.5 Å². The average Bonchev–Trinajstić information content (AvgIpc) is 2.35. The van der Waals surface area contributed by atoms with Crippen molar-refractivity contribution in [2.45, 2.75) is 19.9 Å². The van der Waals surface area contributed by atoms with Gasteiger partial charge in [0.25, 0.3) is 5.91 Å². The standard InChI is InChI=1S/C13H18ClNO2/c1-10(2)15(9-8-14)13(16)11-4-6-12(17-3)7-5-11/h4-7,10H,8-9H2,1-3H3. The van der Waals surface area contributed by atoms with Gasteiger partial charge in [0, 0.05) is 24.0 Å². The lowest BCUT2D eigenvalue weighted by Gasteiger charge is -2.26. The summed E-state index contributed by atoms with van der Waals surface area (Å²) in [5.41, 5.74) is 0.657. The van der Waals surface area contributed by atoms with Crippen LogP contribution in [0, 0.1) is 0 Å². The minimum absolute atomic E-state index is 0.00306. The van der Waals surface area contributed by atoms with Crippen LogP contribution in [-0.2, 0) is 0 Å². The van der Waals surface area contributed by atoms with E-state index in [0.29, 0.717) is 18.0 Å². The molecule has 3 nitrogen and oxygen atoms in total. The van der Waals surface area contributed by atoms with E-state index < -0.39 is 0 Å². The van der Waals surface area contributed by atoms with E-state index in [1.54, 1.807) is 36.3 Å². The van der Waals surface area contributed by atoms with Crippen LogP contribution in [0.15, 0.2) is 24.3 Å². The maximum Gasteiger partial charge on any atom is 0.254 e. The van der Waals surface area contributed by atoms with Gasteiger partial charge < -0.3 is 9.64 Å². The summed E-state index contributed by atoms with van der Waals surface area (Å²) in [5.74, 6) is 1.19. The molecule has 0 saturated heterocycles. The number of amides is 1. The van der Waals surface area contributed by atoms with Crippen LogP contribution in [0.1, 0.15) is 24.2 Å². The van der Waals surface area contributed by atoms with Crippen LogP contribution in [0.2, 0.25) is 0 Å². The molecular formula is C13H18ClNO2. The van der Waals surface area contributed by atoms with E-state index in [1.807, 2.05) is 13.8 Å². The molecule has 1 amide bonds. The molecule has 0 aliphatic carbocycles. The lowest BCUT2D eigenvalue weighted by Crippen LogP contribution is -2.38. The molecule has 0 N–H and O–H groups in total. The zero-order valence-electron chi connectivity index (χ0n) is 10.4. The SMILES string of the molecule is COc1ccc(C(=O)N(CCCl)C(C)C)cc1. The Labute approximate surface area is 107 Å². The Balaban J connectivity index is 2.85. The van der Waals surface area contributed by atoms with Gasteiger partial charge in [0.2, 0.25) is 0 Å². The number of ether oxygens (including phenoxy) is 1. The van der Waals surface area contributed by atoms with Crippen LogP contribution in [0.3, 0.4) is 0 Å². The van der Waals surface area contributed by atoms with E-state index in [0.717, 1.165) is 5.75 Å². The third-order valence-electron chi connectivity index (χ3n) is 2.55. The van der Waals surface area contributed by atoms with Gasteiger partial charge in [-0.1, -0.05) is 0 Å². The first-order valence-corrected chi connectivity index (χ1v) is 6.14. The van der Waals surface area contributed by atoms with Crippen molar-refractivity contribution in [3.05, 3.63) is 29.8 Å². The predicted octanol–water partition coefficient (Wildman–Crippen LogP) is 2.78. The maximum atomic E-state index is 12.2. The highest BCUT2D eigenvalue weighted by Crippen LogP contribution is 2.14. The van der Waals surface area contributed by atoms with Crippen LogP contribution in [0.5, 0.6) is 5.75 Å². The fraction of sp³-hybridized carbons (Fsp3) is 0.462. The number of hydrogen-bond acceptors (Lipinski definition) is 2. The second-order valence-electron chi connectivity index (χ2n) is 4.01. The molecule has 0 spiro atoms. The van der Waals surface area contributed by atoms with Gasteiger partial charge in [-0.3, -0.25) is 4.79 Å². The van der Waals surface area contributed by atoms with Crippen molar-refractivity contribution in [3.63, 3.8) is 0 Å². The number of benzene rings is 1. The number of nitrogens with zero attached hydrogens (tertiary/aromatic N) is 1. The highest BCUT2D eigenvalue weighted by Gasteiger charge is 2.17. The van der Waals surface area contributed by atoms with E-state index in [4.69, 9.17) is 16.3 Å². The number of halogens is 1. The molecule has 0 aliphatic rings. The number of carbonyl (C=O) groups excluding carboxylic acids is 1. The fourth-order valence-corrected chi connectivity index (χ4v) is 1.77. The third kappa shape index (κ3) is 3.63. The summed E-state index contributed by atoms with van der Waals surface area (Å²) in [7, 11) is 1.60. The third-order valence-corrected chi connectivity index (χ3v) is 2.72. The molecule has 0 unspecified atom stereocenters. The highest BCUT2D eigenvalue weighted by molar-refractivity contribution is 6.18. The van der Waals surface area contributed by atoms with Gasteiger partial charge in [0.05, 0.1) is 7.11 Å². The van der Waals surface area contributed by atoms with Crippen molar-refractivity contribution >= 4 is 17.5 Å². The van der Waals surface area contributed by atoms with Crippen molar-refractivity contribution in [3.8, 4) is 5.75 Å². The van der Waals surface area contributed by atoms with Gasteiger partial charge in [-0.2, -0.15) is 0 Å². The molecule has 0 saturated carbocycles. The summed E-state index contributed by atoms with van der Waals surface area (Å²) in [6.07, 6.45) is 0. The molecule has 94 valence electrons. The molecule has 0 heterocycles. The summed E-state index contributed by atoms with van der Waals surface area (Å²) in [4.78, 5) is 14.0. The zero-order valence-corrected chi connectivity index (χ0v) is 11.2. The van der Waals surface area contributed by atoms with Crippen LogP contribution >= 0.6 is 11.6 Å². The lowest BCUT2D eigenvalue weighted by molar-refractivity contribution is 0.0718. The van der Waals surface area contributed by atoms with Crippen molar-refractivity contribution in [2.24, 2.45) is 0 Å². The summed E-state index contributed by atoms with van der Waals surface area (Å²) >= 11 is 5.71. The molecule has 1 aromatic rings. The van der Waals surface area contributed by atoms with E-state index in [9.17, 15) is 4.79 Å². The van der Waals surface area contributed by atoms with Crippen LogP contribution < -0.4 is 4.74 Å². The van der Waals surface area contributed by atoms with Crippen LogP contribution in [-0.4, -0.2) is 36.4 Å². The van der Waals surface area contributed by atoms with E-state index in [-0.39, 0.29) is 11.9 Å². The van der Waals surface area contributed by atoms with E-state index >= 15 is 0 Å². The molecule has 17 heavy (non-hydrogen) atoms. The number of alkyl halides is 1. The van der Waals surface area contributed by atoms with Gasteiger partial charge in [0.15, 0.2) is 0 Å². The van der Waals surface area contributed by atoms with Crippen molar-refractivity contribution in [1.29, 1.82) is 0 Å². The predicted molar refractivity (Wildman–Crippen MR) is 69.9 cm³/mol. The normalized spacial score (nSPS) is 10.4. The Morgan fingerprint density at radius 2 is 1.94 bits per heavy atom. The second kappa shape index (κ2) is 6.50. The number of carbonyl (C=O) groups is 1. The molecule has 0 radical (unpaired) electrons. The van der Waals surface area contributed by atoms with Crippen molar-refractivity contribution < 1.29 is 9.53 Å². The Bertz CT molecular complexity index is 362. The van der Waals surface area contributed by atoms with Crippen LogP contribution in [0.4, 0.5) is 0 Å². The Morgan fingerprint density at radius 3 is 2.35 bits per heavy atom. The molecule has 0 aliphatic heterocycles. The largest absolute Gasteiger partial charge is 0.497 e. The molecule has 0 aromatic heterocycles. The number of hydrogen-bond donors (Lipinski definition) is 0. The molecule has 1 rings (SSSR count). The molecule has 4 heteroatoms. The zero-order chi connectivity index (χ0) is 12.8. The number of methoxy groups -OCH3 is 1. The van der Waals surface area contributed by atoms with Gasteiger partial charge in [0.1, 0.15) is 5.75 Å². The Morgan fingerprint density at radius 1 is 1.35 bits per heavy atom. The second-order valence-corrected chi connectivity index (χ2v) is 4.39. The van der Waals surface area contributed by atoms with E-state index in [1.165, 1.54) is 0 Å². The minimum atomic E-state index is 0.00306. The molecular weight excluding hydrogens is 238 g/mol. The average molecular weight is 256 g/mol. The molecule has 0 bridgehead atoms. The monoisotopic (exact) mass is 255 g/mol. The van der Waals surface area contributed by atoms with Gasteiger partial charge in [-0.05, 0) is 38.1 Å². The topological polar surface area (TPSA) is 29.5 Å². The summed E-state index contributed by atoms with van der Waals surface area (Å²) in [6, 6.07) is 7.25. The quantitative estimate of drug-likeness (QED) is 0.758. The summed E-state index contributed by atoms with van der Waals surface area (Å²) in [6.45, 7) is 4.52. The maximum absolute atomic E-state index is 12.2. The molecule has 1 aromatic carbocycles. The van der Waals surface area contributed by atoms with Gasteiger partial charge in [-0.25, -0.2) is 0 Å². The Hall–Kier alpha value is -1.22. The smallest absolute Gasteiger partial charge is 0.254 e. The first-order chi connectivity index (χ1) is 8.10. The van der Waals surface area contributed by atoms with Crippen molar-refractivity contribution in [1.82, 2.24) is 4.90 Å². The molecule has 0 fully saturated rings. The molecule has 0 atom stereocenters. The first-order valence-electron chi connectivity index (χ1n) is 5.61. The minimum Gasteiger partial charge on any atom is -0.497 e. The van der Waals surface area contributed by atoms with Gasteiger partial charge in [-0.15, -0.1) is 11.6 Å². The fourth-order valence-electron chi connectivity index (χ4n) is 1.58. The van der Waals surface area contributed by atoms with Crippen LogP contribution in [0.25, 0.3) is 0 Å². The van der Waals surface area contributed by atoms with Gasteiger partial charge >= 0.3 is 0 Å². The first kappa shape index (κ1) is 13.8. The summed E-state index contributed by atoms with van der Waals surface area (Å²) in [5, 5.41) is 0. The van der Waals surface area contributed by atoms with E-state index in [2.05, 4.69) is 0 Å². The Kier molecular flexibility index (Phi) is 5.29. The lowest BCUT2D eigenvalue weighted by atomic mass is 10.1. The summed E-state index contributed by atoms with van der Waals surface area (Å²) < 4.78 is 5.06. The number of rotatable bonds is 5.